The first-order valence-corrected chi connectivity index (χ1v) is 5.82. The predicted molar refractivity (Wildman–Crippen MR) is 75.5 cm³/mol. The summed E-state index contributed by atoms with van der Waals surface area (Å²) in [6.07, 6.45) is 9.93. The van der Waals surface area contributed by atoms with Crippen molar-refractivity contribution in [3.63, 3.8) is 0 Å². The van der Waals surface area contributed by atoms with Gasteiger partial charge in [0.25, 0.3) is 0 Å². The predicted octanol–water partition coefficient (Wildman–Crippen LogP) is 3.20. The van der Waals surface area contributed by atoms with Gasteiger partial charge in [0, 0.05) is 13.6 Å². The van der Waals surface area contributed by atoms with E-state index in [0.717, 1.165) is 13.2 Å². The highest BCUT2D eigenvalue weighted by atomic mass is 15.4. The minimum Gasteiger partial charge on any atom is -0.355 e. The molecule has 0 fully saturated rings. The Balaban J connectivity index is 2.03. The Morgan fingerprint density at radius 3 is 2.71 bits per heavy atom. The Bertz CT molecular complexity index is 446. The Morgan fingerprint density at radius 1 is 1.18 bits per heavy atom. The number of nitrogens with zero attached hydrogens (tertiary/aromatic N) is 2. The molecule has 1 aliphatic rings. The first kappa shape index (κ1) is 11.5. The Hall–Kier alpha value is -1.96. The highest BCUT2D eigenvalue weighted by molar-refractivity contribution is 5.75. The third-order valence-corrected chi connectivity index (χ3v) is 2.84. The van der Waals surface area contributed by atoms with Crippen molar-refractivity contribution in [3.8, 4) is 0 Å². The van der Waals surface area contributed by atoms with Crippen LogP contribution in [0, 0.1) is 0 Å². The molecule has 1 heterocycles. The molecule has 0 saturated heterocycles. The largest absolute Gasteiger partial charge is 0.355 e. The fourth-order valence-corrected chi connectivity index (χ4v) is 2.03. The smallest absolute Gasteiger partial charge is 0.0904 e. The summed E-state index contributed by atoms with van der Waals surface area (Å²) in [4.78, 5) is 4.62. The lowest BCUT2D eigenvalue weighted by atomic mass is 10.2. The van der Waals surface area contributed by atoms with Crippen LogP contribution in [0.2, 0.25) is 0 Å². The van der Waals surface area contributed by atoms with Crippen molar-refractivity contribution in [3.05, 3.63) is 61.2 Å². The van der Waals surface area contributed by atoms with Gasteiger partial charge in [0.2, 0.25) is 0 Å². The normalized spacial score (nSPS) is 14.9. The van der Waals surface area contributed by atoms with Crippen LogP contribution in [0.1, 0.15) is 0 Å². The molecule has 0 unspecified atom stereocenters. The van der Waals surface area contributed by atoms with Crippen LogP contribution >= 0.6 is 0 Å². The number of rotatable bonds is 4. The van der Waals surface area contributed by atoms with Gasteiger partial charge in [0.05, 0.1) is 18.0 Å². The van der Waals surface area contributed by atoms with Crippen molar-refractivity contribution in [2.75, 3.05) is 30.1 Å². The fraction of sp³-hybridized carbons (Fsp3) is 0.200. The minimum atomic E-state index is 0.933. The molecule has 1 aromatic carbocycles. The van der Waals surface area contributed by atoms with Crippen LogP contribution in [-0.2, 0) is 0 Å². The van der Waals surface area contributed by atoms with E-state index in [-0.39, 0.29) is 0 Å². The number of benzene rings is 1. The second-order valence-electron chi connectivity index (χ2n) is 4.10. The monoisotopic (exact) mass is 226 g/mol. The van der Waals surface area contributed by atoms with E-state index >= 15 is 0 Å². The molecular weight excluding hydrogens is 208 g/mol. The molecule has 17 heavy (non-hydrogen) atoms. The highest BCUT2D eigenvalue weighted by Gasteiger charge is 2.20. The van der Waals surface area contributed by atoms with Gasteiger partial charge in [-0.1, -0.05) is 49.1 Å². The number of hydrogen-bond donors (Lipinski definition) is 0. The second kappa shape index (κ2) is 5.39. The fourth-order valence-electron chi connectivity index (χ4n) is 2.03. The van der Waals surface area contributed by atoms with Gasteiger partial charge in [-0.2, -0.15) is 0 Å². The van der Waals surface area contributed by atoms with Gasteiger partial charge < -0.3 is 9.80 Å². The third-order valence-electron chi connectivity index (χ3n) is 2.84. The Morgan fingerprint density at radius 2 is 1.94 bits per heavy atom. The van der Waals surface area contributed by atoms with Crippen molar-refractivity contribution >= 4 is 11.4 Å². The Labute approximate surface area is 103 Å². The minimum absolute atomic E-state index is 0.933. The number of anilines is 2. The molecular formula is C15H18N2. The van der Waals surface area contributed by atoms with E-state index in [4.69, 9.17) is 0 Å². The molecule has 0 radical (unpaired) electrons. The summed E-state index contributed by atoms with van der Waals surface area (Å²) in [5.41, 5.74) is 2.62. The van der Waals surface area contributed by atoms with Crippen LogP contribution < -0.4 is 9.80 Å². The van der Waals surface area contributed by atoms with Crippen molar-refractivity contribution in [1.82, 2.24) is 0 Å². The van der Waals surface area contributed by atoms with Crippen molar-refractivity contribution < 1.29 is 0 Å². The van der Waals surface area contributed by atoms with E-state index in [9.17, 15) is 0 Å². The third kappa shape index (κ3) is 2.59. The summed E-state index contributed by atoms with van der Waals surface area (Å²) in [6, 6.07) is 8.51. The van der Waals surface area contributed by atoms with Crippen LogP contribution in [-0.4, -0.2) is 20.3 Å². The zero-order chi connectivity index (χ0) is 12.1. The lowest BCUT2D eigenvalue weighted by Crippen LogP contribution is -2.28. The maximum atomic E-state index is 3.64. The molecule has 2 heteroatoms. The van der Waals surface area contributed by atoms with E-state index in [2.05, 4.69) is 59.8 Å². The molecule has 2 rings (SSSR count). The van der Waals surface area contributed by atoms with E-state index in [1.807, 2.05) is 12.2 Å². The number of para-hydroxylation sites is 2. The van der Waals surface area contributed by atoms with E-state index in [1.54, 1.807) is 6.08 Å². The zero-order valence-corrected chi connectivity index (χ0v) is 10.2. The van der Waals surface area contributed by atoms with E-state index < -0.39 is 0 Å². The summed E-state index contributed by atoms with van der Waals surface area (Å²) in [5.74, 6) is 0. The standard InChI is InChI=1S/C15H18N2/c1-3-4-5-6-9-12-17-13-16(2)14-10-7-8-11-15(14)17/h3-11H,1,12-13H2,2H3/b5-4-,9-6-. The van der Waals surface area contributed by atoms with Crippen LogP contribution in [0.4, 0.5) is 11.4 Å². The average molecular weight is 226 g/mol. The van der Waals surface area contributed by atoms with Gasteiger partial charge in [-0.3, -0.25) is 0 Å². The first-order valence-electron chi connectivity index (χ1n) is 5.82. The van der Waals surface area contributed by atoms with Crippen LogP contribution in [0.25, 0.3) is 0 Å². The molecule has 0 aromatic heterocycles. The molecule has 0 saturated carbocycles. The van der Waals surface area contributed by atoms with Gasteiger partial charge in [-0.25, -0.2) is 0 Å². The quantitative estimate of drug-likeness (QED) is 0.727. The van der Waals surface area contributed by atoms with Gasteiger partial charge in [0.15, 0.2) is 0 Å². The van der Waals surface area contributed by atoms with Gasteiger partial charge in [0.1, 0.15) is 0 Å². The molecule has 2 nitrogen and oxygen atoms in total. The van der Waals surface area contributed by atoms with Gasteiger partial charge in [-0.15, -0.1) is 0 Å². The lowest BCUT2D eigenvalue weighted by Gasteiger charge is -2.16. The molecule has 0 bridgehead atoms. The molecule has 88 valence electrons. The SMILES string of the molecule is C=C/C=C\C=C/CN1CN(C)c2ccccc21. The first-order chi connectivity index (χ1) is 8.33. The lowest BCUT2D eigenvalue weighted by molar-refractivity contribution is 0.874. The van der Waals surface area contributed by atoms with Gasteiger partial charge in [-0.05, 0) is 12.1 Å². The van der Waals surface area contributed by atoms with E-state index in [0.29, 0.717) is 0 Å². The molecule has 1 aromatic rings. The molecule has 1 aliphatic heterocycles. The summed E-state index contributed by atoms with van der Waals surface area (Å²) in [5, 5.41) is 0. The highest BCUT2D eigenvalue weighted by Crippen LogP contribution is 2.33. The average Bonchev–Trinajstić information content (AvgIpc) is 2.67. The van der Waals surface area contributed by atoms with Gasteiger partial charge >= 0.3 is 0 Å². The number of fused-ring (bicyclic) bond motifs is 1. The summed E-state index contributed by atoms with van der Waals surface area (Å²) < 4.78 is 0. The van der Waals surface area contributed by atoms with Crippen molar-refractivity contribution in [2.24, 2.45) is 0 Å². The number of hydrogen-bond acceptors (Lipinski definition) is 2. The molecule has 0 spiro atoms. The number of allylic oxidation sites excluding steroid dienone is 4. The van der Waals surface area contributed by atoms with Crippen molar-refractivity contribution in [2.45, 2.75) is 0 Å². The summed E-state index contributed by atoms with van der Waals surface area (Å²) >= 11 is 0. The van der Waals surface area contributed by atoms with Crippen molar-refractivity contribution in [1.29, 1.82) is 0 Å². The molecule has 0 atom stereocenters. The topological polar surface area (TPSA) is 6.48 Å². The maximum Gasteiger partial charge on any atom is 0.0904 e. The summed E-state index contributed by atoms with van der Waals surface area (Å²) in [7, 11) is 2.13. The maximum absolute atomic E-state index is 3.64. The van der Waals surface area contributed by atoms with Crippen LogP contribution in [0.15, 0.2) is 61.2 Å². The second-order valence-corrected chi connectivity index (χ2v) is 4.10. The zero-order valence-electron chi connectivity index (χ0n) is 10.2. The molecule has 0 N–H and O–H groups in total. The van der Waals surface area contributed by atoms with E-state index in [1.165, 1.54) is 11.4 Å². The van der Waals surface area contributed by atoms with Crippen LogP contribution in [0.5, 0.6) is 0 Å². The Kier molecular flexibility index (Phi) is 3.66. The molecule has 0 aliphatic carbocycles. The molecule has 0 amide bonds. The summed E-state index contributed by atoms with van der Waals surface area (Å²) in [6.45, 7) is 5.52. The van der Waals surface area contributed by atoms with Crippen LogP contribution in [0.3, 0.4) is 0 Å².